The maximum absolute atomic E-state index is 12.8. The molecule has 1 aromatic rings. The van der Waals surface area contributed by atoms with Crippen LogP contribution < -0.4 is 0 Å². The summed E-state index contributed by atoms with van der Waals surface area (Å²) in [5.74, 6) is -1.03. The second-order valence-electron chi connectivity index (χ2n) is 6.13. The number of likely N-dealkylation sites (N-methyl/N-ethyl adjacent to an activating group) is 1. The molecule has 1 aliphatic heterocycles. The van der Waals surface area contributed by atoms with Crippen molar-refractivity contribution < 1.29 is 23.1 Å². The molecule has 1 atom stereocenters. The van der Waals surface area contributed by atoms with Crippen LogP contribution in [0.4, 0.5) is 13.2 Å². The number of rotatable bonds is 2. The van der Waals surface area contributed by atoms with Crippen molar-refractivity contribution in [3.05, 3.63) is 29.3 Å². The van der Waals surface area contributed by atoms with Crippen molar-refractivity contribution in [2.45, 2.75) is 31.5 Å². The Bertz CT molecular complexity index is 573. The minimum atomic E-state index is -4.60. The topological polar surface area (TPSA) is 43.8 Å². The maximum Gasteiger partial charge on any atom is 0.416 e. The van der Waals surface area contributed by atoms with E-state index in [0.29, 0.717) is 19.2 Å². The molecule has 4 nitrogen and oxygen atoms in total. The van der Waals surface area contributed by atoms with Gasteiger partial charge in [-0.2, -0.15) is 13.2 Å². The zero-order chi connectivity index (χ0) is 17.2. The molecular weight excluding hydrogens is 309 g/mol. The van der Waals surface area contributed by atoms with Gasteiger partial charge in [-0.15, -0.1) is 0 Å². The molecule has 1 saturated heterocycles. The van der Waals surface area contributed by atoms with Crippen molar-refractivity contribution in [1.29, 1.82) is 0 Å². The molecule has 1 heterocycles. The highest BCUT2D eigenvalue weighted by atomic mass is 19.4. The molecule has 23 heavy (non-hydrogen) atoms. The molecule has 1 aromatic carbocycles. The standard InChI is InChI=1S/C16H21F3N2O2/c1-20(2)13-5-3-4-6-21(10-13)15(23)11-7-12(16(17,18)19)9-14(22)8-11/h7-9,13,22H,3-6,10H2,1-2H3. The van der Waals surface area contributed by atoms with Crippen molar-refractivity contribution in [3.8, 4) is 5.75 Å². The van der Waals surface area contributed by atoms with Crippen LogP contribution >= 0.6 is 0 Å². The highest BCUT2D eigenvalue weighted by Gasteiger charge is 2.33. The normalized spacial score (nSPS) is 19.7. The number of carbonyl (C=O) groups excluding carboxylic acids is 1. The van der Waals surface area contributed by atoms with Gasteiger partial charge in [0.2, 0.25) is 0 Å². The predicted octanol–water partition coefficient (Wildman–Crippen LogP) is 2.97. The number of hydrogen-bond donors (Lipinski definition) is 1. The van der Waals surface area contributed by atoms with E-state index in [2.05, 4.69) is 0 Å². The van der Waals surface area contributed by atoms with Crippen molar-refractivity contribution in [1.82, 2.24) is 9.80 Å². The first-order valence-electron chi connectivity index (χ1n) is 7.55. The summed E-state index contributed by atoms with van der Waals surface area (Å²) in [5, 5.41) is 9.52. The third-order valence-corrected chi connectivity index (χ3v) is 4.16. The summed E-state index contributed by atoms with van der Waals surface area (Å²) in [6, 6.07) is 2.70. The van der Waals surface area contributed by atoms with E-state index in [1.54, 1.807) is 4.90 Å². The Hall–Kier alpha value is -1.76. The van der Waals surface area contributed by atoms with Crippen molar-refractivity contribution >= 4 is 5.91 Å². The SMILES string of the molecule is CN(C)C1CCCCN(C(=O)c2cc(O)cc(C(F)(F)F)c2)C1. The quantitative estimate of drug-likeness (QED) is 0.907. The summed E-state index contributed by atoms with van der Waals surface area (Å²) < 4.78 is 38.5. The van der Waals surface area contributed by atoms with Gasteiger partial charge in [0.25, 0.3) is 5.91 Å². The number of phenols is 1. The second kappa shape index (κ2) is 6.78. The summed E-state index contributed by atoms with van der Waals surface area (Å²) in [6.45, 7) is 0.989. The minimum absolute atomic E-state index is 0.128. The second-order valence-corrected chi connectivity index (χ2v) is 6.13. The summed E-state index contributed by atoms with van der Waals surface area (Å²) in [4.78, 5) is 16.2. The van der Waals surface area contributed by atoms with Crippen LogP contribution in [0.3, 0.4) is 0 Å². The van der Waals surface area contributed by atoms with Crippen LogP contribution in [0.1, 0.15) is 35.2 Å². The molecule has 0 saturated carbocycles. The van der Waals surface area contributed by atoms with Gasteiger partial charge in [-0.05, 0) is 45.1 Å². The number of alkyl halides is 3. The molecule has 0 aliphatic carbocycles. The fourth-order valence-electron chi connectivity index (χ4n) is 2.81. The fraction of sp³-hybridized carbons (Fsp3) is 0.562. The molecule has 1 aliphatic rings. The Morgan fingerprint density at radius 3 is 2.57 bits per heavy atom. The molecule has 0 aromatic heterocycles. The van der Waals surface area contributed by atoms with E-state index in [1.165, 1.54) is 0 Å². The van der Waals surface area contributed by atoms with Crippen molar-refractivity contribution in [3.63, 3.8) is 0 Å². The molecule has 1 unspecified atom stereocenters. The number of benzene rings is 1. The molecule has 1 fully saturated rings. The van der Waals surface area contributed by atoms with Crippen LogP contribution in [0.5, 0.6) is 5.75 Å². The lowest BCUT2D eigenvalue weighted by molar-refractivity contribution is -0.137. The largest absolute Gasteiger partial charge is 0.508 e. The van der Waals surface area contributed by atoms with Gasteiger partial charge in [0.05, 0.1) is 5.56 Å². The smallest absolute Gasteiger partial charge is 0.416 e. The average molecular weight is 330 g/mol. The number of halogens is 3. The highest BCUT2D eigenvalue weighted by molar-refractivity contribution is 5.95. The Morgan fingerprint density at radius 2 is 1.96 bits per heavy atom. The van der Waals surface area contributed by atoms with Crippen molar-refractivity contribution in [2.75, 3.05) is 27.2 Å². The first-order valence-corrected chi connectivity index (χ1v) is 7.55. The maximum atomic E-state index is 12.8. The highest BCUT2D eigenvalue weighted by Crippen LogP contribution is 2.32. The van der Waals surface area contributed by atoms with E-state index < -0.39 is 23.4 Å². The third-order valence-electron chi connectivity index (χ3n) is 4.16. The van der Waals surface area contributed by atoms with Crippen LogP contribution in [0, 0.1) is 0 Å². The first kappa shape index (κ1) is 17.6. The van der Waals surface area contributed by atoms with E-state index in [9.17, 15) is 23.1 Å². The van der Waals surface area contributed by atoms with Crippen LogP contribution in [0.2, 0.25) is 0 Å². The summed E-state index contributed by atoms with van der Waals surface area (Å²) in [5.41, 5.74) is -1.14. The van der Waals surface area contributed by atoms with E-state index in [-0.39, 0.29) is 11.6 Å². The number of carbonyl (C=O) groups is 1. The Morgan fingerprint density at radius 1 is 1.26 bits per heavy atom. The van der Waals surface area contributed by atoms with Gasteiger partial charge in [0, 0.05) is 24.7 Å². The van der Waals surface area contributed by atoms with Gasteiger partial charge in [-0.1, -0.05) is 6.42 Å². The van der Waals surface area contributed by atoms with Crippen molar-refractivity contribution in [2.24, 2.45) is 0 Å². The third kappa shape index (κ3) is 4.37. The monoisotopic (exact) mass is 330 g/mol. The molecule has 1 N–H and O–H groups in total. The summed E-state index contributed by atoms with van der Waals surface area (Å²) >= 11 is 0. The lowest BCUT2D eigenvalue weighted by Gasteiger charge is -2.28. The van der Waals surface area contributed by atoms with Gasteiger partial charge in [-0.25, -0.2) is 0 Å². The van der Waals surface area contributed by atoms with E-state index >= 15 is 0 Å². The zero-order valence-corrected chi connectivity index (χ0v) is 13.2. The van der Waals surface area contributed by atoms with Gasteiger partial charge in [0.1, 0.15) is 5.75 Å². The number of phenolic OH excluding ortho intramolecular Hbond substituents is 1. The Balaban J connectivity index is 2.27. The average Bonchev–Trinajstić information content (AvgIpc) is 2.71. The van der Waals surface area contributed by atoms with Crippen LogP contribution in [0.15, 0.2) is 18.2 Å². The molecule has 2 rings (SSSR count). The van der Waals surface area contributed by atoms with E-state index in [0.717, 1.165) is 31.4 Å². The number of aromatic hydroxyl groups is 1. The van der Waals surface area contributed by atoms with E-state index in [1.807, 2.05) is 19.0 Å². The predicted molar refractivity (Wildman–Crippen MR) is 80.3 cm³/mol. The van der Waals surface area contributed by atoms with Gasteiger partial charge in [0.15, 0.2) is 0 Å². The minimum Gasteiger partial charge on any atom is -0.508 e. The fourth-order valence-corrected chi connectivity index (χ4v) is 2.81. The van der Waals surface area contributed by atoms with E-state index in [4.69, 9.17) is 0 Å². The Labute approximate surface area is 133 Å². The molecule has 1 amide bonds. The molecule has 7 heteroatoms. The summed E-state index contributed by atoms with van der Waals surface area (Å²) in [7, 11) is 3.85. The molecule has 0 bridgehead atoms. The molecule has 0 spiro atoms. The van der Waals surface area contributed by atoms with Crippen LogP contribution in [-0.4, -0.2) is 54.0 Å². The summed E-state index contributed by atoms with van der Waals surface area (Å²) in [6.07, 6.45) is -1.86. The Kier molecular flexibility index (Phi) is 5.19. The number of amides is 1. The molecule has 128 valence electrons. The number of nitrogens with zero attached hydrogens (tertiary/aromatic N) is 2. The number of likely N-dealkylation sites (tertiary alicyclic amines) is 1. The molecule has 0 radical (unpaired) electrons. The lowest BCUT2D eigenvalue weighted by atomic mass is 10.1. The zero-order valence-electron chi connectivity index (χ0n) is 13.2. The van der Waals surface area contributed by atoms with Gasteiger partial charge < -0.3 is 14.9 Å². The van der Waals surface area contributed by atoms with Gasteiger partial charge >= 0.3 is 6.18 Å². The lowest BCUT2D eigenvalue weighted by Crippen LogP contribution is -2.42. The van der Waals surface area contributed by atoms with Crippen LogP contribution in [-0.2, 0) is 6.18 Å². The molecular formula is C16H21F3N2O2. The van der Waals surface area contributed by atoms with Gasteiger partial charge in [-0.3, -0.25) is 4.79 Å². The number of hydrogen-bond acceptors (Lipinski definition) is 3. The van der Waals surface area contributed by atoms with Crippen LogP contribution in [0.25, 0.3) is 0 Å². The first-order chi connectivity index (χ1) is 10.7.